The highest BCUT2D eigenvalue weighted by atomic mass is 16.5. The molecule has 2 aromatic carbocycles. The van der Waals surface area contributed by atoms with Gasteiger partial charge in [-0.3, -0.25) is 0 Å². The number of aromatic hydroxyl groups is 1. The summed E-state index contributed by atoms with van der Waals surface area (Å²) in [5, 5.41) is 11.5. The van der Waals surface area contributed by atoms with Crippen LogP contribution in [-0.4, -0.2) is 15.6 Å². The first-order valence-electron chi connectivity index (χ1n) is 8.97. The number of esters is 1. The number of fused-ring (bicyclic) bond motifs is 2. The summed E-state index contributed by atoms with van der Waals surface area (Å²) in [4.78, 5) is 24.5. The lowest BCUT2D eigenvalue weighted by molar-refractivity contribution is 0.0476. The van der Waals surface area contributed by atoms with Gasteiger partial charge >= 0.3 is 11.6 Å². The van der Waals surface area contributed by atoms with E-state index in [4.69, 9.17) is 9.15 Å². The predicted octanol–water partition coefficient (Wildman–Crippen LogP) is 3.91. The van der Waals surface area contributed by atoms with Gasteiger partial charge in [-0.25, -0.2) is 9.59 Å². The van der Waals surface area contributed by atoms with Crippen molar-refractivity contribution >= 4 is 27.8 Å². The Morgan fingerprint density at radius 1 is 1.14 bits per heavy atom. The van der Waals surface area contributed by atoms with Crippen LogP contribution in [0.15, 0.2) is 57.9 Å². The summed E-state index contributed by atoms with van der Waals surface area (Å²) in [6, 6.07) is 12.1. The molecule has 6 nitrogen and oxygen atoms in total. The first-order chi connectivity index (χ1) is 13.5. The highest BCUT2D eigenvalue weighted by molar-refractivity contribution is 6.04. The van der Waals surface area contributed by atoms with Gasteiger partial charge in [0.1, 0.15) is 17.9 Å². The van der Waals surface area contributed by atoms with E-state index in [1.807, 2.05) is 42.8 Å². The molecule has 6 heteroatoms. The molecule has 1 N–H and O–H groups in total. The number of benzene rings is 2. The van der Waals surface area contributed by atoms with E-state index < -0.39 is 11.6 Å². The van der Waals surface area contributed by atoms with Crippen LogP contribution in [0.25, 0.3) is 21.9 Å². The lowest BCUT2D eigenvalue weighted by Gasteiger charge is -2.09. The van der Waals surface area contributed by atoms with Crippen LogP contribution >= 0.6 is 0 Å². The lowest BCUT2D eigenvalue weighted by Crippen LogP contribution is -2.08. The Labute approximate surface area is 160 Å². The number of ether oxygens (including phenoxy) is 1. The average Bonchev–Trinajstić information content (AvgIpc) is 3.02. The van der Waals surface area contributed by atoms with Crippen LogP contribution in [-0.2, 0) is 24.8 Å². The first kappa shape index (κ1) is 17.9. The molecule has 4 aromatic rings. The number of phenols is 1. The maximum atomic E-state index is 12.7. The quantitative estimate of drug-likeness (QED) is 0.431. The summed E-state index contributed by atoms with van der Waals surface area (Å²) >= 11 is 0. The van der Waals surface area contributed by atoms with Gasteiger partial charge in [-0.15, -0.1) is 0 Å². The van der Waals surface area contributed by atoms with Crippen molar-refractivity contribution in [3.05, 3.63) is 75.8 Å². The van der Waals surface area contributed by atoms with Crippen LogP contribution in [0.2, 0.25) is 0 Å². The number of hydrogen-bond acceptors (Lipinski definition) is 5. The minimum atomic E-state index is -0.563. The molecule has 0 bridgehead atoms. The second kappa shape index (κ2) is 6.88. The minimum absolute atomic E-state index is 0.0713. The standard InChI is InChI=1S/C22H19NO5/c1-3-13-8-16-14(9-21(25)28-20(16)10-19(13)24)12-27-22(26)17-11-23(2)18-7-5-4-6-15(17)18/h4-11,24H,3,12H2,1-2H3. The maximum Gasteiger partial charge on any atom is 0.340 e. The van der Waals surface area contributed by atoms with Crippen molar-refractivity contribution in [1.29, 1.82) is 0 Å². The zero-order valence-corrected chi connectivity index (χ0v) is 15.6. The number of para-hydroxylation sites is 1. The Kier molecular flexibility index (Phi) is 4.39. The van der Waals surface area contributed by atoms with Crippen molar-refractivity contribution in [2.75, 3.05) is 0 Å². The molecule has 2 heterocycles. The van der Waals surface area contributed by atoms with Gasteiger partial charge in [0.15, 0.2) is 0 Å². The molecule has 0 aliphatic carbocycles. The molecular formula is C22H19NO5. The average molecular weight is 377 g/mol. The molecule has 0 saturated carbocycles. The number of phenolic OH excluding ortho intramolecular Hbond substituents is 1. The summed E-state index contributed by atoms with van der Waals surface area (Å²) < 4.78 is 12.6. The summed E-state index contributed by atoms with van der Waals surface area (Å²) in [6.07, 6.45) is 2.35. The van der Waals surface area contributed by atoms with Crippen molar-refractivity contribution in [1.82, 2.24) is 4.57 Å². The molecule has 0 atom stereocenters. The van der Waals surface area contributed by atoms with Crippen LogP contribution in [0.3, 0.4) is 0 Å². The molecular weight excluding hydrogens is 358 g/mol. The Morgan fingerprint density at radius 3 is 2.71 bits per heavy atom. The second-order valence-corrected chi connectivity index (χ2v) is 6.67. The molecule has 0 aliphatic heterocycles. The normalized spacial score (nSPS) is 11.2. The van der Waals surface area contributed by atoms with Crippen LogP contribution < -0.4 is 5.63 Å². The van der Waals surface area contributed by atoms with Crippen LogP contribution in [0, 0.1) is 0 Å². The van der Waals surface area contributed by atoms with Gasteiger partial charge in [0, 0.05) is 47.2 Å². The van der Waals surface area contributed by atoms with Gasteiger partial charge < -0.3 is 18.8 Å². The minimum Gasteiger partial charge on any atom is -0.508 e. The number of aromatic nitrogens is 1. The largest absolute Gasteiger partial charge is 0.508 e. The zero-order valence-electron chi connectivity index (χ0n) is 15.6. The van der Waals surface area contributed by atoms with Gasteiger partial charge in [-0.1, -0.05) is 25.1 Å². The topological polar surface area (TPSA) is 81.7 Å². The molecule has 0 saturated heterocycles. The number of hydrogen-bond donors (Lipinski definition) is 1. The molecule has 0 fully saturated rings. The number of carbonyl (C=O) groups excluding carboxylic acids is 1. The summed E-state index contributed by atoms with van der Waals surface area (Å²) in [6.45, 7) is 1.85. The molecule has 0 amide bonds. The fourth-order valence-corrected chi connectivity index (χ4v) is 3.44. The summed E-state index contributed by atoms with van der Waals surface area (Å²) in [5.41, 5.74) is 2.36. The molecule has 0 unspecified atom stereocenters. The third kappa shape index (κ3) is 3.03. The van der Waals surface area contributed by atoms with Crippen molar-refractivity contribution in [2.24, 2.45) is 7.05 Å². The Bertz CT molecular complexity index is 1270. The zero-order chi connectivity index (χ0) is 19.8. The van der Waals surface area contributed by atoms with Crippen molar-refractivity contribution in [3.8, 4) is 5.75 Å². The van der Waals surface area contributed by atoms with E-state index in [9.17, 15) is 14.7 Å². The van der Waals surface area contributed by atoms with Crippen LogP contribution in [0.5, 0.6) is 5.75 Å². The van der Waals surface area contributed by atoms with E-state index in [2.05, 4.69) is 0 Å². The highest BCUT2D eigenvalue weighted by Gasteiger charge is 2.17. The molecule has 0 radical (unpaired) electrons. The van der Waals surface area contributed by atoms with Gasteiger partial charge in [0.25, 0.3) is 0 Å². The molecule has 142 valence electrons. The van der Waals surface area contributed by atoms with E-state index in [0.29, 0.717) is 22.9 Å². The second-order valence-electron chi connectivity index (χ2n) is 6.67. The summed E-state index contributed by atoms with van der Waals surface area (Å²) in [5.74, 6) is -0.393. The van der Waals surface area contributed by atoms with E-state index in [-0.39, 0.29) is 17.9 Å². The van der Waals surface area contributed by atoms with E-state index in [0.717, 1.165) is 16.5 Å². The Morgan fingerprint density at radius 2 is 1.93 bits per heavy atom. The van der Waals surface area contributed by atoms with Crippen LogP contribution in [0.1, 0.15) is 28.4 Å². The fourth-order valence-electron chi connectivity index (χ4n) is 3.44. The predicted molar refractivity (Wildman–Crippen MR) is 106 cm³/mol. The van der Waals surface area contributed by atoms with Gasteiger partial charge in [0.05, 0.1) is 5.56 Å². The van der Waals surface area contributed by atoms with Crippen molar-refractivity contribution in [2.45, 2.75) is 20.0 Å². The Balaban J connectivity index is 1.68. The lowest BCUT2D eigenvalue weighted by atomic mass is 10.0. The molecule has 0 aliphatic rings. The SMILES string of the molecule is CCc1cc2c(COC(=O)c3cn(C)c4ccccc34)cc(=O)oc2cc1O. The van der Waals surface area contributed by atoms with E-state index in [1.54, 1.807) is 12.3 Å². The molecule has 4 rings (SSSR count). The third-order valence-corrected chi connectivity index (χ3v) is 4.89. The highest BCUT2D eigenvalue weighted by Crippen LogP contribution is 2.28. The fraction of sp³-hybridized carbons (Fsp3) is 0.182. The summed E-state index contributed by atoms with van der Waals surface area (Å²) in [7, 11) is 1.87. The first-order valence-corrected chi connectivity index (χ1v) is 8.97. The molecule has 2 aromatic heterocycles. The van der Waals surface area contributed by atoms with Crippen molar-refractivity contribution < 1.29 is 19.1 Å². The van der Waals surface area contributed by atoms with Gasteiger partial charge in [-0.2, -0.15) is 0 Å². The molecule has 0 spiro atoms. The smallest absolute Gasteiger partial charge is 0.340 e. The van der Waals surface area contributed by atoms with Crippen LogP contribution in [0.4, 0.5) is 0 Å². The van der Waals surface area contributed by atoms with E-state index >= 15 is 0 Å². The van der Waals surface area contributed by atoms with Crippen molar-refractivity contribution in [3.63, 3.8) is 0 Å². The van der Waals surface area contributed by atoms with Gasteiger partial charge in [0.2, 0.25) is 0 Å². The molecule has 28 heavy (non-hydrogen) atoms. The number of carbonyl (C=O) groups is 1. The maximum absolute atomic E-state index is 12.7. The third-order valence-electron chi connectivity index (χ3n) is 4.89. The van der Waals surface area contributed by atoms with Gasteiger partial charge in [-0.05, 0) is 24.1 Å². The number of rotatable bonds is 4. The monoisotopic (exact) mass is 377 g/mol. The number of nitrogens with zero attached hydrogens (tertiary/aromatic N) is 1. The number of aryl methyl sites for hydroxylation is 2. The Hall–Kier alpha value is -3.54. The van der Waals surface area contributed by atoms with E-state index in [1.165, 1.54) is 12.1 Å².